The van der Waals surface area contributed by atoms with Gasteiger partial charge >= 0.3 is 0 Å². The fraction of sp³-hybridized carbons (Fsp3) is 1.00. The summed E-state index contributed by atoms with van der Waals surface area (Å²) in [6, 6.07) is 0. The van der Waals surface area contributed by atoms with Crippen molar-refractivity contribution in [3.63, 3.8) is 0 Å². The molecule has 0 aliphatic heterocycles. The van der Waals surface area contributed by atoms with Gasteiger partial charge in [0.25, 0.3) is 6.29 Å². The minimum absolute atomic E-state index is 0.336. The van der Waals surface area contributed by atoms with E-state index in [9.17, 15) is 4.91 Å². The van der Waals surface area contributed by atoms with Gasteiger partial charge in [0.05, 0.1) is 0 Å². The molecular weight excluding hydrogens is 198 g/mol. The van der Waals surface area contributed by atoms with Crippen LogP contribution >= 0.6 is 0 Å². The molecule has 1 unspecified atom stereocenters. The maximum absolute atomic E-state index is 9.80. The Morgan fingerprint density at radius 3 is 2.40 bits per heavy atom. The average molecular weight is 219 g/mol. The molecule has 0 heterocycles. The van der Waals surface area contributed by atoms with Gasteiger partial charge in [-0.15, -0.1) is 4.91 Å². The fourth-order valence-electron chi connectivity index (χ4n) is 1.47. The van der Waals surface area contributed by atoms with Crippen LogP contribution < -0.4 is 0 Å². The minimum Gasteiger partial charge on any atom is -0.329 e. The highest BCUT2D eigenvalue weighted by molar-refractivity contribution is 4.57. The zero-order valence-corrected chi connectivity index (χ0v) is 9.68. The molecule has 0 rings (SSSR count). The Morgan fingerprint density at radius 2 is 1.93 bits per heavy atom. The lowest BCUT2D eigenvalue weighted by Gasteiger charge is -2.15. The van der Waals surface area contributed by atoms with E-state index in [1.165, 1.54) is 6.42 Å². The minimum atomic E-state index is -0.934. The van der Waals surface area contributed by atoms with Crippen LogP contribution in [0.2, 0.25) is 0 Å². The number of rotatable bonds is 9. The van der Waals surface area contributed by atoms with Crippen LogP contribution in [0.3, 0.4) is 0 Å². The molecule has 2 atom stereocenters. The third-order valence-electron chi connectivity index (χ3n) is 2.35. The molecule has 0 spiro atoms. The van der Waals surface area contributed by atoms with Gasteiger partial charge in [0.15, 0.2) is 5.34 Å². The van der Waals surface area contributed by atoms with Gasteiger partial charge in [0.2, 0.25) is 0 Å². The van der Waals surface area contributed by atoms with E-state index in [2.05, 4.69) is 28.9 Å². The van der Waals surface area contributed by atoms with Gasteiger partial charge in [-0.2, -0.15) is 4.89 Å². The van der Waals surface area contributed by atoms with Gasteiger partial charge in [-0.05, 0) is 11.8 Å². The highest BCUT2D eigenvalue weighted by atomic mass is 17.1. The molecule has 0 aliphatic rings. The maximum Gasteiger partial charge on any atom is 0.260 e. The monoisotopic (exact) mass is 219 g/mol. The summed E-state index contributed by atoms with van der Waals surface area (Å²) in [6.45, 7) is 6.40. The van der Waals surface area contributed by atoms with Crippen molar-refractivity contribution >= 4 is 0 Å². The zero-order chi connectivity index (χ0) is 11.7. The predicted molar refractivity (Wildman–Crippen MR) is 56.9 cm³/mol. The molecule has 0 aromatic rings. The van der Waals surface area contributed by atoms with Crippen molar-refractivity contribution in [1.29, 1.82) is 0 Å². The Hall–Kier alpha value is -0.680. The summed E-state index contributed by atoms with van der Waals surface area (Å²) in [5.41, 5.74) is 0. The van der Waals surface area contributed by atoms with Crippen molar-refractivity contribution in [3.05, 3.63) is 4.91 Å². The van der Waals surface area contributed by atoms with E-state index in [0.717, 1.165) is 12.8 Å². The van der Waals surface area contributed by atoms with Crippen LogP contribution in [0, 0.1) is 16.7 Å². The number of hydrogen-bond acceptors (Lipinski definition) is 5. The Kier molecular flexibility index (Phi) is 8.22. The van der Waals surface area contributed by atoms with Crippen LogP contribution in [-0.2, 0) is 9.73 Å². The Bertz CT molecular complexity index is 164. The largest absolute Gasteiger partial charge is 0.329 e. The first-order valence-corrected chi connectivity index (χ1v) is 5.38. The summed E-state index contributed by atoms with van der Waals surface area (Å²) >= 11 is 0. The molecule has 0 aliphatic carbocycles. The summed E-state index contributed by atoms with van der Waals surface area (Å²) in [7, 11) is 0. The Morgan fingerprint density at radius 1 is 1.27 bits per heavy atom. The molecule has 0 fully saturated rings. The third-order valence-corrected chi connectivity index (χ3v) is 2.35. The van der Waals surface area contributed by atoms with E-state index >= 15 is 0 Å². The van der Waals surface area contributed by atoms with E-state index < -0.39 is 6.29 Å². The number of nitrogens with zero attached hydrogens (tertiary/aromatic N) is 1. The van der Waals surface area contributed by atoms with Gasteiger partial charge in [-0.1, -0.05) is 40.0 Å². The molecule has 0 amide bonds. The van der Waals surface area contributed by atoms with E-state index in [4.69, 9.17) is 5.26 Å². The van der Waals surface area contributed by atoms with Crippen LogP contribution in [0.15, 0.2) is 5.34 Å². The topological polar surface area (TPSA) is 68.1 Å². The van der Waals surface area contributed by atoms with Crippen LogP contribution in [0.1, 0.15) is 46.5 Å². The lowest BCUT2D eigenvalue weighted by Crippen LogP contribution is -2.16. The standard InChI is InChI=1S/C10H21NO4/c1-8(2)5-4-6-9(3)7-10(15-13)14-11-12/h8-10,13H,4-7H2,1-3H3/t9?,10-/m0/s1. The van der Waals surface area contributed by atoms with E-state index in [0.29, 0.717) is 18.3 Å². The molecule has 0 saturated heterocycles. The molecule has 0 aromatic heterocycles. The van der Waals surface area contributed by atoms with Crippen LogP contribution in [0.4, 0.5) is 0 Å². The van der Waals surface area contributed by atoms with Crippen LogP contribution in [-0.4, -0.2) is 11.5 Å². The molecule has 0 aromatic carbocycles. The molecule has 5 nitrogen and oxygen atoms in total. The first-order valence-electron chi connectivity index (χ1n) is 5.38. The van der Waals surface area contributed by atoms with Crippen molar-refractivity contribution in [3.8, 4) is 0 Å². The lowest BCUT2D eigenvalue weighted by atomic mass is 9.97. The first kappa shape index (κ1) is 14.3. The van der Waals surface area contributed by atoms with E-state index in [1.807, 2.05) is 6.92 Å². The van der Waals surface area contributed by atoms with Gasteiger partial charge in [0.1, 0.15) is 0 Å². The normalized spacial score (nSPS) is 15.0. The summed E-state index contributed by atoms with van der Waals surface area (Å²) in [4.78, 5) is 18.1. The second kappa shape index (κ2) is 8.61. The zero-order valence-electron chi connectivity index (χ0n) is 9.68. The second-order valence-electron chi connectivity index (χ2n) is 4.38. The van der Waals surface area contributed by atoms with Gasteiger partial charge in [0, 0.05) is 6.42 Å². The summed E-state index contributed by atoms with van der Waals surface area (Å²) < 4.78 is 0. The number of hydrogen-bond donors (Lipinski definition) is 1. The van der Waals surface area contributed by atoms with Crippen molar-refractivity contribution in [2.75, 3.05) is 0 Å². The average Bonchev–Trinajstić information content (AvgIpc) is 2.16. The molecule has 15 heavy (non-hydrogen) atoms. The maximum atomic E-state index is 9.80. The molecule has 1 N–H and O–H groups in total. The van der Waals surface area contributed by atoms with Crippen molar-refractivity contribution in [1.82, 2.24) is 0 Å². The van der Waals surface area contributed by atoms with Crippen LogP contribution in [0.25, 0.3) is 0 Å². The quantitative estimate of drug-likeness (QED) is 0.279. The molecular formula is C10H21NO4. The van der Waals surface area contributed by atoms with Crippen molar-refractivity contribution < 1.29 is 15.0 Å². The summed E-state index contributed by atoms with van der Waals surface area (Å²) in [6.07, 6.45) is 2.88. The molecule has 0 radical (unpaired) electrons. The lowest BCUT2D eigenvalue weighted by molar-refractivity contribution is -0.350. The van der Waals surface area contributed by atoms with Gasteiger partial charge in [-0.3, -0.25) is 0 Å². The van der Waals surface area contributed by atoms with Gasteiger partial charge in [-0.25, -0.2) is 5.26 Å². The van der Waals surface area contributed by atoms with Gasteiger partial charge < -0.3 is 4.84 Å². The Labute approximate surface area is 90.6 Å². The smallest absolute Gasteiger partial charge is 0.260 e. The van der Waals surface area contributed by atoms with Crippen molar-refractivity contribution in [2.24, 2.45) is 17.2 Å². The highest BCUT2D eigenvalue weighted by Gasteiger charge is 2.15. The van der Waals surface area contributed by atoms with Crippen molar-refractivity contribution in [2.45, 2.75) is 52.7 Å². The van der Waals surface area contributed by atoms with E-state index in [1.54, 1.807) is 0 Å². The van der Waals surface area contributed by atoms with Crippen LogP contribution in [0.5, 0.6) is 0 Å². The molecule has 0 bridgehead atoms. The molecule has 0 saturated carbocycles. The molecule has 90 valence electrons. The third kappa shape index (κ3) is 8.32. The van der Waals surface area contributed by atoms with E-state index in [-0.39, 0.29) is 0 Å². The SMILES string of the molecule is CC(C)CCCC(C)C[C@H](OO)ON=O. The first-order chi connectivity index (χ1) is 7.10. The Balaban J connectivity index is 3.60. The fourth-order valence-corrected chi connectivity index (χ4v) is 1.47. The second-order valence-corrected chi connectivity index (χ2v) is 4.38. The predicted octanol–water partition coefficient (Wildman–Crippen LogP) is 3.35. The molecule has 5 heteroatoms. The summed E-state index contributed by atoms with van der Waals surface area (Å²) in [5.74, 6) is 1.04. The highest BCUT2D eigenvalue weighted by Crippen LogP contribution is 2.18. The summed E-state index contributed by atoms with van der Waals surface area (Å²) in [5, 5.41) is 10.6.